The van der Waals surface area contributed by atoms with Gasteiger partial charge in [0.1, 0.15) is 0 Å². The highest BCUT2D eigenvalue weighted by Crippen LogP contribution is 2.13. The number of rotatable bonds is 9. The van der Waals surface area contributed by atoms with E-state index >= 15 is 0 Å². The van der Waals surface area contributed by atoms with E-state index in [0.717, 1.165) is 11.1 Å². The molecule has 0 bridgehead atoms. The zero-order valence-corrected chi connectivity index (χ0v) is 16.9. The average Bonchev–Trinajstić information content (AvgIpc) is 2.64. The van der Waals surface area contributed by atoms with Crippen LogP contribution >= 0.6 is 0 Å². The van der Waals surface area contributed by atoms with Gasteiger partial charge in [0.05, 0.1) is 17.4 Å². The molecule has 2 aromatic rings. The van der Waals surface area contributed by atoms with Crippen molar-refractivity contribution >= 4 is 15.9 Å². The number of nitrogens with one attached hydrogen (secondary N) is 2. The van der Waals surface area contributed by atoms with Crippen LogP contribution in [0.3, 0.4) is 0 Å². The van der Waals surface area contributed by atoms with Crippen LogP contribution < -0.4 is 10.0 Å². The summed E-state index contributed by atoms with van der Waals surface area (Å²) in [5.74, 6) is -0.232. The van der Waals surface area contributed by atoms with Gasteiger partial charge in [0, 0.05) is 19.0 Å². The van der Waals surface area contributed by atoms with Crippen molar-refractivity contribution in [3.8, 4) is 6.07 Å². The number of carbonyl (C=O) groups is 1. The molecule has 0 fully saturated rings. The monoisotopic (exact) mass is 399 g/mol. The molecule has 0 radical (unpaired) electrons. The van der Waals surface area contributed by atoms with E-state index in [1.807, 2.05) is 24.3 Å². The first-order valence-corrected chi connectivity index (χ1v) is 10.8. The minimum absolute atomic E-state index is 0.109. The summed E-state index contributed by atoms with van der Waals surface area (Å²) >= 11 is 0. The van der Waals surface area contributed by atoms with Gasteiger partial charge in [-0.25, -0.2) is 13.1 Å². The van der Waals surface area contributed by atoms with E-state index in [1.165, 1.54) is 0 Å². The first kappa shape index (κ1) is 21.6. The van der Waals surface area contributed by atoms with Crippen LogP contribution in [0.4, 0.5) is 0 Å². The van der Waals surface area contributed by atoms with Crippen LogP contribution in [0, 0.1) is 11.3 Å². The average molecular weight is 400 g/mol. The van der Waals surface area contributed by atoms with Crippen LogP contribution in [0.1, 0.15) is 42.5 Å². The maximum absolute atomic E-state index is 12.2. The lowest BCUT2D eigenvalue weighted by atomic mass is 10.1. The highest BCUT2D eigenvalue weighted by molar-refractivity contribution is 7.88. The van der Waals surface area contributed by atoms with Crippen molar-refractivity contribution in [3.05, 3.63) is 70.8 Å². The first-order chi connectivity index (χ1) is 13.3. The summed E-state index contributed by atoms with van der Waals surface area (Å²) in [6.07, 6.45) is 0.896. The predicted octanol–water partition coefficient (Wildman–Crippen LogP) is 2.64. The topological polar surface area (TPSA) is 99.1 Å². The number of benzene rings is 2. The summed E-state index contributed by atoms with van der Waals surface area (Å²) in [5, 5.41) is 11.7. The Balaban J connectivity index is 1.91. The van der Waals surface area contributed by atoms with Gasteiger partial charge in [0.25, 0.3) is 0 Å². The summed E-state index contributed by atoms with van der Waals surface area (Å²) in [4.78, 5) is 12.2. The van der Waals surface area contributed by atoms with Gasteiger partial charge in [-0.05, 0) is 49.1 Å². The highest BCUT2D eigenvalue weighted by Gasteiger charge is 2.15. The molecule has 148 valence electrons. The van der Waals surface area contributed by atoms with Crippen molar-refractivity contribution in [1.29, 1.82) is 5.26 Å². The molecule has 0 aliphatic carbocycles. The zero-order valence-electron chi connectivity index (χ0n) is 16.1. The molecular formula is C21H25N3O3S. The summed E-state index contributed by atoms with van der Waals surface area (Å²) < 4.78 is 26.9. The van der Waals surface area contributed by atoms with Crippen LogP contribution in [0.5, 0.6) is 0 Å². The summed E-state index contributed by atoms with van der Waals surface area (Å²) in [6, 6.07) is 16.2. The molecule has 0 aromatic heterocycles. The molecule has 2 rings (SSSR count). The van der Waals surface area contributed by atoms with Gasteiger partial charge in [0.15, 0.2) is 0 Å². The second-order valence-electron chi connectivity index (χ2n) is 6.89. The molecule has 0 heterocycles. The van der Waals surface area contributed by atoms with Crippen LogP contribution in [0.25, 0.3) is 0 Å². The van der Waals surface area contributed by atoms with Gasteiger partial charge in [-0.3, -0.25) is 4.79 Å². The largest absolute Gasteiger partial charge is 0.352 e. The Bertz CT molecular complexity index is 946. The van der Waals surface area contributed by atoms with Crippen molar-refractivity contribution in [1.82, 2.24) is 10.0 Å². The quantitative estimate of drug-likeness (QED) is 0.677. The van der Waals surface area contributed by atoms with Gasteiger partial charge >= 0.3 is 0 Å². The van der Waals surface area contributed by atoms with E-state index < -0.39 is 10.0 Å². The molecular weight excluding hydrogens is 374 g/mol. The van der Waals surface area contributed by atoms with Crippen molar-refractivity contribution in [3.63, 3.8) is 0 Å². The van der Waals surface area contributed by atoms with Crippen molar-refractivity contribution in [2.45, 2.75) is 45.0 Å². The van der Waals surface area contributed by atoms with Gasteiger partial charge < -0.3 is 5.32 Å². The van der Waals surface area contributed by atoms with E-state index in [4.69, 9.17) is 5.26 Å². The minimum Gasteiger partial charge on any atom is -0.352 e. The lowest BCUT2D eigenvalue weighted by molar-refractivity contribution is -0.121. The minimum atomic E-state index is -3.43. The fraction of sp³-hybridized carbons (Fsp3) is 0.333. The Morgan fingerprint density at radius 2 is 1.71 bits per heavy atom. The Hall–Kier alpha value is -2.69. The third-order valence-electron chi connectivity index (χ3n) is 4.08. The molecule has 0 saturated heterocycles. The SMILES string of the molecule is CC(C)NS(=O)(=O)Cc1ccccc1CNC(=O)CCc1ccc(C#N)cc1. The van der Waals surface area contributed by atoms with Crippen LogP contribution in [-0.4, -0.2) is 20.4 Å². The molecule has 2 N–H and O–H groups in total. The zero-order chi connectivity index (χ0) is 20.6. The Morgan fingerprint density at radius 3 is 2.32 bits per heavy atom. The number of aryl methyl sites for hydroxylation is 1. The predicted molar refractivity (Wildman–Crippen MR) is 109 cm³/mol. The van der Waals surface area contributed by atoms with Gasteiger partial charge in [-0.2, -0.15) is 5.26 Å². The fourth-order valence-electron chi connectivity index (χ4n) is 2.76. The molecule has 0 unspecified atom stereocenters. The third kappa shape index (κ3) is 7.14. The summed E-state index contributed by atoms with van der Waals surface area (Å²) in [6.45, 7) is 3.83. The molecule has 0 spiro atoms. The lowest BCUT2D eigenvalue weighted by Gasteiger charge is -2.13. The second kappa shape index (κ2) is 10.0. The van der Waals surface area contributed by atoms with Crippen LogP contribution in [-0.2, 0) is 33.5 Å². The van der Waals surface area contributed by atoms with E-state index in [2.05, 4.69) is 16.1 Å². The number of nitriles is 1. The van der Waals surface area contributed by atoms with Crippen LogP contribution in [0.15, 0.2) is 48.5 Å². The maximum Gasteiger partial charge on any atom is 0.220 e. The number of sulfonamides is 1. The van der Waals surface area contributed by atoms with Gasteiger partial charge in [-0.15, -0.1) is 0 Å². The highest BCUT2D eigenvalue weighted by atomic mass is 32.2. The van der Waals surface area contributed by atoms with E-state index in [1.54, 1.807) is 38.1 Å². The van der Waals surface area contributed by atoms with Crippen molar-refractivity contribution in [2.75, 3.05) is 0 Å². The van der Waals surface area contributed by atoms with Gasteiger partial charge in [0.2, 0.25) is 15.9 Å². The number of nitrogens with zero attached hydrogens (tertiary/aromatic N) is 1. The molecule has 0 atom stereocenters. The lowest BCUT2D eigenvalue weighted by Crippen LogP contribution is -2.32. The van der Waals surface area contributed by atoms with E-state index in [-0.39, 0.29) is 24.2 Å². The second-order valence-corrected chi connectivity index (χ2v) is 8.64. The molecule has 6 nitrogen and oxygen atoms in total. The summed E-state index contributed by atoms with van der Waals surface area (Å²) in [5.41, 5.74) is 3.03. The number of hydrogen-bond donors (Lipinski definition) is 2. The first-order valence-electron chi connectivity index (χ1n) is 9.11. The standard InChI is InChI=1S/C21H25N3O3S/c1-16(2)24-28(26,27)15-20-6-4-3-5-19(20)14-23-21(25)12-11-17-7-9-18(13-22)10-8-17/h3-10,16,24H,11-12,14-15H2,1-2H3,(H,23,25). The maximum atomic E-state index is 12.2. The number of hydrogen-bond acceptors (Lipinski definition) is 4. The smallest absolute Gasteiger partial charge is 0.220 e. The number of carbonyl (C=O) groups excluding carboxylic acids is 1. The van der Waals surface area contributed by atoms with E-state index in [9.17, 15) is 13.2 Å². The molecule has 0 aliphatic rings. The van der Waals surface area contributed by atoms with Crippen molar-refractivity contribution < 1.29 is 13.2 Å². The number of amides is 1. The molecule has 0 aliphatic heterocycles. The third-order valence-corrected chi connectivity index (χ3v) is 5.60. The van der Waals surface area contributed by atoms with Crippen molar-refractivity contribution in [2.24, 2.45) is 0 Å². The molecule has 2 aromatic carbocycles. The molecule has 1 amide bonds. The normalized spacial score (nSPS) is 11.2. The van der Waals surface area contributed by atoms with E-state index in [0.29, 0.717) is 24.0 Å². The Kier molecular flexibility index (Phi) is 7.73. The molecule has 28 heavy (non-hydrogen) atoms. The Labute approximate surface area is 166 Å². The molecule has 0 saturated carbocycles. The van der Waals surface area contributed by atoms with Crippen LogP contribution in [0.2, 0.25) is 0 Å². The summed E-state index contributed by atoms with van der Waals surface area (Å²) in [7, 11) is -3.43. The Morgan fingerprint density at radius 1 is 1.07 bits per heavy atom. The van der Waals surface area contributed by atoms with Gasteiger partial charge in [-0.1, -0.05) is 36.4 Å². The fourth-order valence-corrected chi connectivity index (χ4v) is 4.25. The molecule has 7 heteroatoms.